The third-order valence-electron chi connectivity index (χ3n) is 4.97. The van der Waals surface area contributed by atoms with Gasteiger partial charge in [-0.2, -0.15) is 0 Å². The molecule has 0 radical (unpaired) electrons. The molecule has 0 aromatic carbocycles. The van der Waals surface area contributed by atoms with Gasteiger partial charge in [0.25, 0.3) is 0 Å². The Bertz CT molecular complexity index is 319. The van der Waals surface area contributed by atoms with E-state index in [9.17, 15) is 4.79 Å². The summed E-state index contributed by atoms with van der Waals surface area (Å²) in [5.74, 6) is 0.0330. The van der Waals surface area contributed by atoms with Gasteiger partial charge >= 0.3 is 0 Å². The van der Waals surface area contributed by atoms with Crippen LogP contribution in [0.1, 0.15) is 65.2 Å². The summed E-state index contributed by atoms with van der Waals surface area (Å²) in [6.45, 7) is 7.32. The van der Waals surface area contributed by atoms with E-state index >= 15 is 0 Å². The van der Waals surface area contributed by atoms with Gasteiger partial charge in [-0.3, -0.25) is 9.69 Å². The van der Waals surface area contributed by atoms with Crippen LogP contribution < -0.4 is 5.32 Å². The number of nitrogens with zero attached hydrogens (tertiary/aromatic N) is 1. The molecule has 1 aliphatic carbocycles. The van der Waals surface area contributed by atoms with Gasteiger partial charge < -0.3 is 10.1 Å². The van der Waals surface area contributed by atoms with Gasteiger partial charge in [-0.25, -0.2) is 0 Å². The molecule has 4 nitrogen and oxygen atoms in total. The molecule has 1 heterocycles. The topological polar surface area (TPSA) is 41.6 Å². The molecular weight excluding hydrogens is 264 g/mol. The lowest BCUT2D eigenvalue weighted by molar-refractivity contribution is -0.128. The zero-order valence-corrected chi connectivity index (χ0v) is 13.8. The van der Waals surface area contributed by atoms with Crippen molar-refractivity contribution >= 4 is 5.91 Å². The fourth-order valence-corrected chi connectivity index (χ4v) is 3.74. The third kappa shape index (κ3) is 4.96. The maximum absolute atomic E-state index is 12.0. The second-order valence-corrected chi connectivity index (χ2v) is 6.97. The standard InChI is InChI=1S/C17H32N2O2/c1-15(2)21-13-16(20)18-14-17(9-5-3-6-10-17)19-11-7-4-8-12-19/h15H,3-14H2,1-2H3,(H,18,20). The van der Waals surface area contributed by atoms with Crippen molar-refractivity contribution in [1.82, 2.24) is 10.2 Å². The van der Waals surface area contributed by atoms with Crippen LogP contribution in [-0.4, -0.2) is 48.7 Å². The number of nitrogens with one attached hydrogen (secondary N) is 1. The lowest BCUT2D eigenvalue weighted by Gasteiger charge is -2.48. The number of ether oxygens (including phenoxy) is 1. The van der Waals surface area contributed by atoms with Crippen molar-refractivity contribution in [1.29, 1.82) is 0 Å². The SMILES string of the molecule is CC(C)OCC(=O)NCC1(N2CCCCC2)CCCCC1. The third-order valence-corrected chi connectivity index (χ3v) is 4.97. The van der Waals surface area contributed by atoms with Crippen molar-refractivity contribution in [2.45, 2.75) is 76.9 Å². The molecule has 4 heteroatoms. The summed E-state index contributed by atoms with van der Waals surface area (Å²) >= 11 is 0. The lowest BCUT2D eigenvalue weighted by Crippen LogP contribution is -2.58. The second-order valence-electron chi connectivity index (χ2n) is 6.97. The summed E-state index contributed by atoms with van der Waals surface area (Å²) in [6.07, 6.45) is 10.5. The van der Waals surface area contributed by atoms with Gasteiger partial charge in [0, 0.05) is 12.1 Å². The van der Waals surface area contributed by atoms with E-state index in [0.717, 1.165) is 6.54 Å². The minimum absolute atomic E-state index is 0.0330. The van der Waals surface area contributed by atoms with Crippen molar-refractivity contribution in [3.8, 4) is 0 Å². The number of hydrogen-bond donors (Lipinski definition) is 1. The average Bonchev–Trinajstić information content (AvgIpc) is 2.52. The summed E-state index contributed by atoms with van der Waals surface area (Å²) in [4.78, 5) is 14.6. The highest BCUT2D eigenvalue weighted by molar-refractivity contribution is 5.77. The van der Waals surface area contributed by atoms with Crippen LogP contribution in [0, 0.1) is 0 Å². The molecule has 0 unspecified atom stereocenters. The number of piperidine rings is 1. The van der Waals surface area contributed by atoms with Gasteiger partial charge in [0.05, 0.1) is 6.10 Å². The van der Waals surface area contributed by atoms with Crippen LogP contribution in [0.2, 0.25) is 0 Å². The first-order chi connectivity index (χ1) is 10.1. The van der Waals surface area contributed by atoms with Crippen LogP contribution in [0.15, 0.2) is 0 Å². The highest BCUT2D eigenvalue weighted by Crippen LogP contribution is 2.35. The number of hydrogen-bond acceptors (Lipinski definition) is 3. The molecule has 0 spiro atoms. The Morgan fingerprint density at radius 2 is 1.71 bits per heavy atom. The minimum Gasteiger partial charge on any atom is -0.369 e. The van der Waals surface area contributed by atoms with E-state index in [1.165, 1.54) is 64.5 Å². The molecule has 0 atom stereocenters. The van der Waals surface area contributed by atoms with Crippen LogP contribution in [0.3, 0.4) is 0 Å². The molecule has 0 aromatic heterocycles. The van der Waals surface area contributed by atoms with Gasteiger partial charge in [-0.1, -0.05) is 25.7 Å². The van der Waals surface area contributed by atoms with Crippen molar-refractivity contribution in [3.63, 3.8) is 0 Å². The van der Waals surface area contributed by atoms with Crippen LogP contribution in [0.5, 0.6) is 0 Å². The van der Waals surface area contributed by atoms with Crippen LogP contribution in [0.4, 0.5) is 0 Å². The quantitative estimate of drug-likeness (QED) is 0.819. The Labute approximate surface area is 129 Å². The first-order valence-corrected chi connectivity index (χ1v) is 8.76. The molecule has 2 rings (SSSR count). The van der Waals surface area contributed by atoms with Crippen molar-refractivity contribution in [2.24, 2.45) is 0 Å². The zero-order chi connectivity index (χ0) is 15.1. The summed E-state index contributed by atoms with van der Waals surface area (Å²) in [7, 11) is 0. The second kappa shape index (κ2) is 8.14. The average molecular weight is 296 g/mol. The number of rotatable bonds is 6. The minimum atomic E-state index is 0.0330. The van der Waals surface area contributed by atoms with E-state index in [1.54, 1.807) is 0 Å². The lowest BCUT2D eigenvalue weighted by atomic mass is 9.79. The summed E-state index contributed by atoms with van der Waals surface area (Å²) in [6, 6.07) is 0. The highest BCUT2D eigenvalue weighted by atomic mass is 16.5. The van der Waals surface area contributed by atoms with E-state index in [-0.39, 0.29) is 24.2 Å². The molecule has 1 N–H and O–H groups in total. The predicted octanol–water partition coefficient (Wildman–Crippen LogP) is 2.72. The number of amides is 1. The van der Waals surface area contributed by atoms with E-state index in [2.05, 4.69) is 10.2 Å². The highest BCUT2D eigenvalue weighted by Gasteiger charge is 2.38. The molecule has 1 saturated heterocycles. The van der Waals surface area contributed by atoms with Crippen molar-refractivity contribution < 1.29 is 9.53 Å². The first-order valence-electron chi connectivity index (χ1n) is 8.76. The Morgan fingerprint density at radius 3 is 2.33 bits per heavy atom. The van der Waals surface area contributed by atoms with E-state index < -0.39 is 0 Å². The van der Waals surface area contributed by atoms with Crippen LogP contribution in [0.25, 0.3) is 0 Å². The largest absolute Gasteiger partial charge is 0.369 e. The smallest absolute Gasteiger partial charge is 0.246 e. The van der Waals surface area contributed by atoms with Gasteiger partial charge in [0.2, 0.25) is 5.91 Å². The van der Waals surface area contributed by atoms with E-state index in [1.807, 2.05) is 13.8 Å². The fraction of sp³-hybridized carbons (Fsp3) is 0.941. The summed E-state index contributed by atoms with van der Waals surface area (Å²) < 4.78 is 5.40. The van der Waals surface area contributed by atoms with Gasteiger partial charge in [-0.15, -0.1) is 0 Å². The van der Waals surface area contributed by atoms with Gasteiger partial charge in [0.1, 0.15) is 6.61 Å². The van der Waals surface area contributed by atoms with Gasteiger partial charge in [-0.05, 0) is 52.6 Å². The monoisotopic (exact) mass is 296 g/mol. The van der Waals surface area contributed by atoms with E-state index in [0.29, 0.717) is 0 Å². The number of carbonyl (C=O) groups excluding carboxylic acids is 1. The summed E-state index contributed by atoms with van der Waals surface area (Å²) in [5, 5.41) is 3.14. The molecule has 0 aromatic rings. The number of likely N-dealkylation sites (tertiary alicyclic amines) is 1. The van der Waals surface area contributed by atoms with Gasteiger partial charge in [0.15, 0.2) is 0 Å². The molecule has 1 amide bonds. The Balaban J connectivity index is 1.88. The molecule has 1 saturated carbocycles. The van der Waals surface area contributed by atoms with Crippen molar-refractivity contribution in [2.75, 3.05) is 26.2 Å². The number of carbonyl (C=O) groups is 1. The molecule has 2 fully saturated rings. The summed E-state index contributed by atoms with van der Waals surface area (Å²) in [5.41, 5.74) is 0.214. The Hall–Kier alpha value is -0.610. The van der Waals surface area contributed by atoms with E-state index in [4.69, 9.17) is 4.74 Å². The van der Waals surface area contributed by atoms with Crippen LogP contribution in [-0.2, 0) is 9.53 Å². The maximum atomic E-state index is 12.0. The molecule has 1 aliphatic heterocycles. The molecule has 21 heavy (non-hydrogen) atoms. The fourth-order valence-electron chi connectivity index (χ4n) is 3.74. The first kappa shape index (κ1) is 16.8. The normalized spacial score (nSPS) is 23.2. The molecule has 0 bridgehead atoms. The molecular formula is C17H32N2O2. The Kier molecular flexibility index (Phi) is 6.49. The molecule has 122 valence electrons. The zero-order valence-electron chi connectivity index (χ0n) is 13.8. The predicted molar refractivity (Wildman–Crippen MR) is 85.3 cm³/mol. The maximum Gasteiger partial charge on any atom is 0.246 e. The van der Waals surface area contributed by atoms with Crippen LogP contribution >= 0.6 is 0 Å². The van der Waals surface area contributed by atoms with Crippen molar-refractivity contribution in [3.05, 3.63) is 0 Å². The Morgan fingerprint density at radius 1 is 1.10 bits per heavy atom. The molecule has 2 aliphatic rings.